The average Bonchev–Trinajstić information content (AvgIpc) is 2.58. The van der Waals surface area contributed by atoms with Crippen molar-refractivity contribution in [2.45, 2.75) is 6.92 Å². The Morgan fingerprint density at radius 2 is 1.07 bits per heavy atom. The van der Waals surface area contributed by atoms with Crippen LogP contribution in [0, 0.1) is 6.92 Å². The molecule has 8 nitrogen and oxygen atoms in total. The van der Waals surface area contributed by atoms with Crippen LogP contribution in [-0.2, 0) is 0 Å². The maximum Gasteiger partial charge on any atom is 0.212 e. The Morgan fingerprint density at radius 1 is 0.556 bits per heavy atom. The first-order valence-electron chi connectivity index (χ1n) is 7.79. The van der Waals surface area contributed by atoms with Crippen molar-refractivity contribution in [3.8, 4) is 68.6 Å². The monoisotopic (exact) mass is 370 g/mol. The fraction of sp³-hybridized carbons (Fsp3) is 0.0526. The highest BCUT2D eigenvalue weighted by molar-refractivity contribution is 5.85. The zero-order chi connectivity index (χ0) is 19.5. The summed E-state index contributed by atoms with van der Waals surface area (Å²) in [5, 5.41) is 60.0. The number of benzene rings is 3. The number of rotatable bonds is 1. The molecule has 0 aliphatic carbocycles. The molecule has 0 radical (unpaired) electrons. The predicted octanol–water partition coefficient (Wildman–Crippen LogP) is 3.79. The highest BCUT2D eigenvalue weighted by atomic mass is 16.6. The lowest BCUT2D eigenvalue weighted by Gasteiger charge is -2.26. The third-order valence-electron chi connectivity index (χ3n) is 4.23. The minimum Gasteiger partial charge on any atom is -0.508 e. The highest BCUT2D eigenvalue weighted by Gasteiger charge is 2.32. The molecule has 0 amide bonds. The number of hydrogen-bond donors (Lipinski definition) is 6. The minimum absolute atomic E-state index is 0.00527. The first-order valence-corrected chi connectivity index (χ1v) is 7.79. The predicted molar refractivity (Wildman–Crippen MR) is 93.2 cm³/mol. The first-order chi connectivity index (χ1) is 12.8. The molecule has 0 unspecified atom stereocenters. The summed E-state index contributed by atoms with van der Waals surface area (Å²) < 4.78 is 11.3. The van der Waals surface area contributed by atoms with Gasteiger partial charge in [-0.3, -0.25) is 0 Å². The smallest absolute Gasteiger partial charge is 0.212 e. The second-order valence-electron chi connectivity index (χ2n) is 6.09. The molecule has 0 aromatic heterocycles. The van der Waals surface area contributed by atoms with Crippen molar-refractivity contribution in [2.75, 3.05) is 0 Å². The molecule has 0 fully saturated rings. The Bertz CT molecular complexity index is 1080. The van der Waals surface area contributed by atoms with Gasteiger partial charge in [-0.05, 0) is 24.6 Å². The van der Waals surface area contributed by atoms with E-state index in [2.05, 4.69) is 0 Å². The van der Waals surface area contributed by atoms with Crippen LogP contribution in [0.1, 0.15) is 5.56 Å². The normalized spacial score (nSPS) is 11.9. The number of hydrogen-bond acceptors (Lipinski definition) is 8. The molecule has 0 saturated carbocycles. The summed E-state index contributed by atoms with van der Waals surface area (Å²) in [7, 11) is 0. The van der Waals surface area contributed by atoms with E-state index in [-0.39, 0.29) is 56.9 Å². The van der Waals surface area contributed by atoms with Gasteiger partial charge in [-0.2, -0.15) is 0 Å². The summed E-state index contributed by atoms with van der Waals surface area (Å²) in [6, 6.07) is 5.74. The van der Waals surface area contributed by atoms with E-state index in [0.29, 0.717) is 0 Å². The minimum atomic E-state index is -0.441. The Hall–Kier alpha value is -3.94. The van der Waals surface area contributed by atoms with Crippen molar-refractivity contribution in [3.05, 3.63) is 35.9 Å². The van der Waals surface area contributed by atoms with E-state index < -0.39 is 17.2 Å². The van der Waals surface area contributed by atoms with Crippen LogP contribution >= 0.6 is 0 Å². The molecule has 1 aliphatic heterocycles. The van der Waals surface area contributed by atoms with Crippen LogP contribution in [0.4, 0.5) is 0 Å². The summed E-state index contributed by atoms with van der Waals surface area (Å²) in [5.74, 6) is -2.41. The molecule has 6 N–H and O–H groups in total. The second-order valence-corrected chi connectivity index (χ2v) is 6.09. The maximum absolute atomic E-state index is 10.3. The standard InChI is InChI=1S/C19H14O8/c1-7-11(22)5-13(24)17-16(7)26-18-14(25)6-12(23)15(19(18)27-17)8-2-9(20)4-10(21)3-8/h2-6,20-25H,1H3. The van der Waals surface area contributed by atoms with Gasteiger partial charge in [0, 0.05) is 23.8 Å². The van der Waals surface area contributed by atoms with Crippen molar-refractivity contribution in [1.82, 2.24) is 0 Å². The van der Waals surface area contributed by atoms with Gasteiger partial charge in [0.2, 0.25) is 11.5 Å². The van der Waals surface area contributed by atoms with Gasteiger partial charge in [0.25, 0.3) is 0 Å². The van der Waals surface area contributed by atoms with Gasteiger partial charge in [-0.15, -0.1) is 0 Å². The van der Waals surface area contributed by atoms with Crippen LogP contribution in [0.2, 0.25) is 0 Å². The van der Waals surface area contributed by atoms with E-state index in [0.717, 1.165) is 18.2 Å². The lowest BCUT2D eigenvalue weighted by Crippen LogP contribution is -2.03. The number of ether oxygens (including phenoxy) is 2. The van der Waals surface area contributed by atoms with Gasteiger partial charge in [0.05, 0.1) is 5.56 Å². The van der Waals surface area contributed by atoms with Crippen LogP contribution in [0.3, 0.4) is 0 Å². The van der Waals surface area contributed by atoms with E-state index in [1.54, 1.807) is 0 Å². The molecule has 3 aromatic rings. The van der Waals surface area contributed by atoms with Gasteiger partial charge in [0.1, 0.15) is 23.0 Å². The number of aromatic hydroxyl groups is 6. The lowest BCUT2D eigenvalue weighted by atomic mass is 10.0. The molecular formula is C19H14O8. The van der Waals surface area contributed by atoms with E-state index in [1.807, 2.05) is 0 Å². The Balaban J connectivity index is 1.99. The molecule has 27 heavy (non-hydrogen) atoms. The number of fused-ring (bicyclic) bond motifs is 2. The molecule has 0 saturated heterocycles. The van der Waals surface area contributed by atoms with Crippen LogP contribution in [0.5, 0.6) is 57.5 Å². The summed E-state index contributed by atoms with van der Waals surface area (Å²) in [6.45, 7) is 1.54. The summed E-state index contributed by atoms with van der Waals surface area (Å²) in [6.07, 6.45) is 0. The quantitative estimate of drug-likeness (QED) is 0.297. The molecule has 0 atom stereocenters. The van der Waals surface area contributed by atoms with E-state index in [1.165, 1.54) is 19.1 Å². The van der Waals surface area contributed by atoms with Crippen LogP contribution in [0.25, 0.3) is 11.1 Å². The lowest BCUT2D eigenvalue weighted by molar-refractivity contribution is 0.314. The largest absolute Gasteiger partial charge is 0.508 e. The molecule has 1 aliphatic rings. The molecule has 0 spiro atoms. The summed E-state index contributed by atoms with van der Waals surface area (Å²) in [4.78, 5) is 0. The van der Waals surface area contributed by atoms with Crippen molar-refractivity contribution < 1.29 is 40.1 Å². The van der Waals surface area contributed by atoms with Gasteiger partial charge < -0.3 is 40.1 Å². The third-order valence-corrected chi connectivity index (χ3v) is 4.23. The van der Waals surface area contributed by atoms with Gasteiger partial charge >= 0.3 is 0 Å². The van der Waals surface area contributed by atoms with Crippen molar-refractivity contribution in [3.63, 3.8) is 0 Å². The average molecular weight is 370 g/mol. The highest BCUT2D eigenvalue weighted by Crippen LogP contribution is 2.60. The van der Waals surface area contributed by atoms with E-state index in [4.69, 9.17) is 9.47 Å². The van der Waals surface area contributed by atoms with Crippen molar-refractivity contribution >= 4 is 0 Å². The third kappa shape index (κ3) is 2.46. The fourth-order valence-corrected chi connectivity index (χ4v) is 2.96. The zero-order valence-corrected chi connectivity index (χ0v) is 13.9. The molecule has 138 valence electrons. The molecular weight excluding hydrogens is 356 g/mol. The van der Waals surface area contributed by atoms with Crippen LogP contribution < -0.4 is 9.47 Å². The SMILES string of the molecule is Cc1c(O)cc(O)c2c1Oc1c(O)cc(O)c(-c3cc(O)cc(O)c3)c1O2. The molecule has 0 bridgehead atoms. The summed E-state index contributed by atoms with van der Waals surface area (Å²) >= 11 is 0. The van der Waals surface area contributed by atoms with Crippen LogP contribution in [-0.4, -0.2) is 30.6 Å². The molecule has 8 heteroatoms. The summed E-state index contributed by atoms with van der Waals surface area (Å²) in [5.41, 5.74) is 0.477. The topological polar surface area (TPSA) is 140 Å². The molecule has 4 rings (SSSR count). The first kappa shape index (κ1) is 16.5. The Kier molecular flexibility index (Phi) is 3.38. The number of phenols is 6. The van der Waals surface area contributed by atoms with Gasteiger partial charge in [-0.1, -0.05) is 0 Å². The molecule has 1 heterocycles. The molecule has 3 aromatic carbocycles. The second kappa shape index (κ2) is 5.53. The van der Waals surface area contributed by atoms with E-state index >= 15 is 0 Å². The number of phenolic OH excluding ortho intramolecular Hbond substituents is 6. The van der Waals surface area contributed by atoms with Crippen molar-refractivity contribution in [2.24, 2.45) is 0 Å². The zero-order valence-electron chi connectivity index (χ0n) is 13.9. The Labute approximate surface area is 152 Å². The Morgan fingerprint density at radius 3 is 1.70 bits per heavy atom. The van der Waals surface area contributed by atoms with Gasteiger partial charge in [0.15, 0.2) is 23.0 Å². The van der Waals surface area contributed by atoms with Gasteiger partial charge in [-0.25, -0.2) is 0 Å². The van der Waals surface area contributed by atoms with Crippen molar-refractivity contribution in [1.29, 1.82) is 0 Å². The van der Waals surface area contributed by atoms with E-state index in [9.17, 15) is 30.6 Å². The fourth-order valence-electron chi connectivity index (χ4n) is 2.96. The maximum atomic E-state index is 10.3. The van der Waals surface area contributed by atoms with Crippen LogP contribution in [0.15, 0.2) is 30.3 Å².